The molecule has 0 unspecified atom stereocenters. The van der Waals surface area contributed by atoms with Crippen LogP contribution in [0.1, 0.15) is 55.3 Å². The predicted molar refractivity (Wildman–Crippen MR) is 110 cm³/mol. The van der Waals surface area contributed by atoms with Gasteiger partial charge in [0.2, 0.25) is 5.75 Å². The van der Waals surface area contributed by atoms with Crippen molar-refractivity contribution in [2.45, 2.75) is 46.8 Å². The van der Waals surface area contributed by atoms with Gasteiger partial charge in [0.1, 0.15) is 0 Å². The Balaban J connectivity index is 2.38. The first-order chi connectivity index (χ1) is 13.7. The standard InChI is InChI=1S/C22H27NO6/c1-6-27-20-18(28-13(2)3)11-16(12-19(20)29-14(4)5)21(24)23-17-9-7-15(8-10-17)22(25)26/h7-14H,6H2,1-5H3,(H,23,24)(H,25,26). The molecule has 29 heavy (non-hydrogen) atoms. The fraction of sp³-hybridized carbons (Fsp3) is 0.364. The summed E-state index contributed by atoms with van der Waals surface area (Å²) in [6, 6.07) is 9.14. The summed E-state index contributed by atoms with van der Waals surface area (Å²) in [5.41, 5.74) is 0.956. The molecule has 156 valence electrons. The van der Waals surface area contributed by atoms with Crippen LogP contribution < -0.4 is 19.5 Å². The number of amides is 1. The van der Waals surface area contributed by atoms with Gasteiger partial charge >= 0.3 is 5.97 Å². The fourth-order valence-electron chi connectivity index (χ4n) is 2.58. The van der Waals surface area contributed by atoms with Crippen LogP contribution in [0.25, 0.3) is 0 Å². The summed E-state index contributed by atoms with van der Waals surface area (Å²) in [4.78, 5) is 23.8. The molecule has 1 amide bonds. The minimum Gasteiger partial charge on any atom is -0.487 e. The highest BCUT2D eigenvalue weighted by Gasteiger charge is 2.20. The lowest BCUT2D eigenvalue weighted by atomic mass is 10.1. The number of benzene rings is 2. The van der Waals surface area contributed by atoms with Crippen molar-refractivity contribution >= 4 is 17.6 Å². The minimum absolute atomic E-state index is 0.122. The van der Waals surface area contributed by atoms with Gasteiger partial charge < -0.3 is 24.6 Å². The van der Waals surface area contributed by atoms with E-state index in [9.17, 15) is 9.59 Å². The molecular formula is C22H27NO6. The van der Waals surface area contributed by atoms with Gasteiger partial charge in [-0.1, -0.05) is 0 Å². The van der Waals surface area contributed by atoms with E-state index in [1.807, 2.05) is 34.6 Å². The highest BCUT2D eigenvalue weighted by molar-refractivity contribution is 6.05. The zero-order chi connectivity index (χ0) is 21.6. The molecule has 2 N–H and O–H groups in total. The minimum atomic E-state index is -1.03. The van der Waals surface area contributed by atoms with Gasteiger partial charge in [-0.2, -0.15) is 0 Å². The van der Waals surface area contributed by atoms with Gasteiger partial charge in [0.05, 0.1) is 24.4 Å². The van der Waals surface area contributed by atoms with Crippen LogP contribution >= 0.6 is 0 Å². The van der Waals surface area contributed by atoms with Gasteiger partial charge in [0.25, 0.3) is 5.91 Å². The molecule has 2 rings (SSSR count). The van der Waals surface area contributed by atoms with Crippen molar-refractivity contribution in [2.24, 2.45) is 0 Å². The van der Waals surface area contributed by atoms with E-state index in [1.165, 1.54) is 24.3 Å². The third kappa shape index (κ3) is 6.14. The molecule has 7 heteroatoms. The second kappa shape index (κ2) is 9.82. The lowest BCUT2D eigenvalue weighted by Gasteiger charge is -2.20. The Bertz CT molecular complexity index is 827. The summed E-state index contributed by atoms with van der Waals surface area (Å²) in [6.45, 7) is 9.82. The number of anilines is 1. The molecular weight excluding hydrogens is 374 g/mol. The third-order valence-electron chi connectivity index (χ3n) is 3.69. The Morgan fingerprint density at radius 1 is 0.931 bits per heavy atom. The maximum Gasteiger partial charge on any atom is 0.335 e. The third-order valence-corrected chi connectivity index (χ3v) is 3.69. The molecule has 0 heterocycles. The number of aromatic carboxylic acids is 1. The topological polar surface area (TPSA) is 94.1 Å². The highest BCUT2D eigenvalue weighted by atomic mass is 16.5. The first-order valence-corrected chi connectivity index (χ1v) is 9.50. The van der Waals surface area contributed by atoms with Gasteiger partial charge in [-0.05, 0) is 71.0 Å². The van der Waals surface area contributed by atoms with E-state index in [2.05, 4.69) is 5.32 Å². The Labute approximate surface area is 170 Å². The van der Waals surface area contributed by atoms with Crippen LogP contribution in [-0.4, -0.2) is 35.8 Å². The lowest BCUT2D eigenvalue weighted by molar-refractivity contribution is 0.0696. The zero-order valence-corrected chi connectivity index (χ0v) is 17.3. The molecule has 0 saturated heterocycles. The molecule has 2 aromatic carbocycles. The first-order valence-electron chi connectivity index (χ1n) is 9.50. The Hall–Kier alpha value is -3.22. The second-order valence-electron chi connectivity index (χ2n) is 6.90. The average molecular weight is 401 g/mol. The number of carboxylic acid groups (broad SMARTS) is 1. The number of carbonyl (C=O) groups excluding carboxylic acids is 1. The number of rotatable bonds is 9. The van der Waals surface area contributed by atoms with Crippen LogP contribution in [0.15, 0.2) is 36.4 Å². The van der Waals surface area contributed by atoms with Crippen molar-refractivity contribution in [2.75, 3.05) is 11.9 Å². The van der Waals surface area contributed by atoms with E-state index in [0.717, 1.165) is 0 Å². The van der Waals surface area contributed by atoms with Gasteiger partial charge in [0.15, 0.2) is 11.5 Å². The summed E-state index contributed by atoms with van der Waals surface area (Å²) < 4.78 is 17.4. The fourth-order valence-corrected chi connectivity index (χ4v) is 2.58. The Morgan fingerprint density at radius 3 is 1.86 bits per heavy atom. The number of nitrogens with one attached hydrogen (secondary N) is 1. The van der Waals surface area contributed by atoms with Gasteiger partial charge in [-0.3, -0.25) is 4.79 Å². The average Bonchev–Trinajstić information content (AvgIpc) is 2.63. The molecule has 2 aromatic rings. The highest BCUT2D eigenvalue weighted by Crippen LogP contribution is 2.40. The normalized spacial score (nSPS) is 10.7. The molecule has 0 aromatic heterocycles. The van der Waals surface area contributed by atoms with Crippen molar-refractivity contribution in [3.63, 3.8) is 0 Å². The second-order valence-corrected chi connectivity index (χ2v) is 6.90. The van der Waals surface area contributed by atoms with Crippen molar-refractivity contribution in [3.05, 3.63) is 47.5 Å². The van der Waals surface area contributed by atoms with Gasteiger partial charge in [-0.25, -0.2) is 4.79 Å². The van der Waals surface area contributed by atoms with E-state index in [1.54, 1.807) is 12.1 Å². The SMILES string of the molecule is CCOc1c(OC(C)C)cc(C(=O)Nc2ccc(C(=O)O)cc2)cc1OC(C)C. The molecule has 0 radical (unpaired) electrons. The van der Waals surface area contributed by atoms with Crippen molar-refractivity contribution in [3.8, 4) is 17.2 Å². The largest absolute Gasteiger partial charge is 0.487 e. The van der Waals surface area contributed by atoms with E-state index in [4.69, 9.17) is 19.3 Å². The molecule has 7 nitrogen and oxygen atoms in total. The molecule has 0 aliphatic carbocycles. The summed E-state index contributed by atoms with van der Waals surface area (Å²) in [6.07, 6.45) is -0.244. The predicted octanol–water partition coefficient (Wildman–Crippen LogP) is 4.61. The number of hydrogen-bond donors (Lipinski definition) is 2. The molecule has 0 aliphatic rings. The lowest BCUT2D eigenvalue weighted by Crippen LogP contribution is -2.15. The maximum absolute atomic E-state index is 12.8. The summed E-state index contributed by atoms with van der Waals surface area (Å²) >= 11 is 0. The van der Waals surface area contributed by atoms with Crippen molar-refractivity contribution < 1.29 is 28.9 Å². The van der Waals surface area contributed by atoms with Crippen LogP contribution in [0.3, 0.4) is 0 Å². The molecule has 0 saturated carbocycles. The van der Waals surface area contributed by atoms with Crippen molar-refractivity contribution in [1.29, 1.82) is 0 Å². The van der Waals surface area contributed by atoms with Crippen LogP contribution in [0.4, 0.5) is 5.69 Å². The zero-order valence-electron chi connectivity index (χ0n) is 17.3. The Kier molecular flexibility index (Phi) is 7.47. The first kappa shape index (κ1) is 22.1. The van der Waals surface area contributed by atoms with E-state index in [-0.39, 0.29) is 23.7 Å². The van der Waals surface area contributed by atoms with E-state index < -0.39 is 5.97 Å². The number of hydrogen-bond acceptors (Lipinski definition) is 5. The number of carbonyl (C=O) groups is 2. The summed E-state index contributed by atoms with van der Waals surface area (Å²) in [7, 11) is 0. The van der Waals surface area contributed by atoms with E-state index >= 15 is 0 Å². The van der Waals surface area contributed by atoms with Crippen LogP contribution in [0, 0.1) is 0 Å². The molecule has 0 spiro atoms. The number of carboxylic acids is 1. The quantitative estimate of drug-likeness (QED) is 0.637. The molecule has 0 fully saturated rings. The van der Waals surface area contributed by atoms with Crippen LogP contribution in [0.5, 0.6) is 17.2 Å². The monoisotopic (exact) mass is 401 g/mol. The molecule has 0 atom stereocenters. The molecule has 0 bridgehead atoms. The smallest absolute Gasteiger partial charge is 0.335 e. The Morgan fingerprint density at radius 2 is 1.45 bits per heavy atom. The summed E-state index contributed by atoms with van der Waals surface area (Å²) in [5, 5.41) is 11.7. The van der Waals surface area contributed by atoms with Gasteiger partial charge in [0, 0.05) is 11.3 Å². The van der Waals surface area contributed by atoms with Gasteiger partial charge in [-0.15, -0.1) is 0 Å². The van der Waals surface area contributed by atoms with Crippen molar-refractivity contribution in [1.82, 2.24) is 0 Å². The van der Waals surface area contributed by atoms with E-state index in [0.29, 0.717) is 35.1 Å². The van der Waals surface area contributed by atoms with Crippen LogP contribution in [0.2, 0.25) is 0 Å². The maximum atomic E-state index is 12.8. The summed E-state index contributed by atoms with van der Waals surface area (Å²) in [5.74, 6) is -0.103. The van der Waals surface area contributed by atoms with Crippen LogP contribution in [-0.2, 0) is 0 Å². The molecule has 0 aliphatic heterocycles. The number of ether oxygens (including phenoxy) is 3.